The standard InChI is InChI=1S/C22H22N4O3/c1-4-23-19(27)12-25-20-17-11-16(26-13(2)5-6-14(26)3)9-7-15(17)8-10-18(20)24-21(28)22(25)29/h5-11H,4,12H2,1-3H3,(H,23,27)(H,24,28). The number of aromatic amines is 1. The van der Waals surface area contributed by atoms with Crippen LogP contribution in [0.5, 0.6) is 0 Å². The molecule has 2 heterocycles. The summed E-state index contributed by atoms with van der Waals surface area (Å²) >= 11 is 0. The first-order valence-electron chi connectivity index (χ1n) is 9.52. The molecule has 29 heavy (non-hydrogen) atoms. The highest BCUT2D eigenvalue weighted by Crippen LogP contribution is 2.27. The zero-order chi connectivity index (χ0) is 20.7. The van der Waals surface area contributed by atoms with Gasteiger partial charge in [-0.1, -0.05) is 12.1 Å². The lowest BCUT2D eigenvalue weighted by Crippen LogP contribution is -2.40. The second-order valence-electron chi connectivity index (χ2n) is 7.12. The quantitative estimate of drug-likeness (QED) is 0.414. The number of carbonyl (C=O) groups is 1. The van der Waals surface area contributed by atoms with Crippen LogP contribution in [-0.4, -0.2) is 26.6 Å². The third-order valence-corrected chi connectivity index (χ3v) is 5.14. The van der Waals surface area contributed by atoms with Gasteiger partial charge in [-0.25, -0.2) is 0 Å². The van der Waals surface area contributed by atoms with Crippen molar-refractivity contribution in [3.8, 4) is 5.69 Å². The van der Waals surface area contributed by atoms with Crippen molar-refractivity contribution >= 4 is 27.7 Å². The third kappa shape index (κ3) is 3.14. The Morgan fingerprint density at radius 3 is 2.41 bits per heavy atom. The first-order valence-corrected chi connectivity index (χ1v) is 9.52. The molecule has 0 fully saturated rings. The number of fused-ring (bicyclic) bond motifs is 3. The number of likely N-dealkylation sites (N-methyl/N-ethyl adjacent to an activating group) is 1. The molecule has 2 N–H and O–H groups in total. The number of carbonyl (C=O) groups excluding carboxylic acids is 1. The van der Waals surface area contributed by atoms with Gasteiger partial charge in [-0.15, -0.1) is 0 Å². The first kappa shape index (κ1) is 18.7. The third-order valence-electron chi connectivity index (χ3n) is 5.14. The number of hydrogen-bond acceptors (Lipinski definition) is 3. The fourth-order valence-electron chi connectivity index (χ4n) is 3.85. The van der Waals surface area contributed by atoms with E-state index in [2.05, 4.69) is 14.9 Å². The molecule has 4 aromatic rings. The molecule has 0 spiro atoms. The molecule has 0 saturated heterocycles. The van der Waals surface area contributed by atoms with Crippen molar-refractivity contribution in [3.63, 3.8) is 0 Å². The first-order chi connectivity index (χ1) is 13.9. The van der Waals surface area contributed by atoms with Crippen molar-refractivity contribution in [2.75, 3.05) is 6.54 Å². The number of hydrogen-bond donors (Lipinski definition) is 2. The maximum Gasteiger partial charge on any atom is 0.317 e. The number of rotatable bonds is 4. The second kappa shape index (κ2) is 7.09. The molecule has 0 saturated carbocycles. The summed E-state index contributed by atoms with van der Waals surface area (Å²) < 4.78 is 3.39. The molecule has 0 bridgehead atoms. The molecule has 0 radical (unpaired) electrons. The van der Waals surface area contributed by atoms with Gasteiger partial charge < -0.3 is 14.9 Å². The molecule has 0 unspecified atom stereocenters. The Morgan fingerprint density at radius 1 is 1.03 bits per heavy atom. The fourth-order valence-corrected chi connectivity index (χ4v) is 3.85. The van der Waals surface area contributed by atoms with Gasteiger partial charge in [0.2, 0.25) is 5.91 Å². The van der Waals surface area contributed by atoms with Crippen molar-refractivity contribution in [2.24, 2.45) is 0 Å². The lowest BCUT2D eigenvalue weighted by Gasteiger charge is -2.14. The maximum atomic E-state index is 12.6. The van der Waals surface area contributed by atoms with Crippen molar-refractivity contribution < 1.29 is 4.79 Å². The van der Waals surface area contributed by atoms with Crippen molar-refractivity contribution in [1.82, 2.24) is 19.4 Å². The molecule has 1 amide bonds. The van der Waals surface area contributed by atoms with Crippen molar-refractivity contribution in [3.05, 3.63) is 74.6 Å². The number of nitrogens with one attached hydrogen (secondary N) is 2. The summed E-state index contributed by atoms with van der Waals surface area (Å²) in [5.41, 5.74) is 2.72. The van der Waals surface area contributed by atoms with E-state index in [0.717, 1.165) is 27.8 Å². The van der Waals surface area contributed by atoms with Crippen LogP contribution in [0.1, 0.15) is 18.3 Å². The highest BCUT2D eigenvalue weighted by atomic mass is 16.2. The van der Waals surface area contributed by atoms with E-state index in [4.69, 9.17) is 0 Å². The van der Waals surface area contributed by atoms with Crippen LogP contribution in [-0.2, 0) is 11.3 Å². The van der Waals surface area contributed by atoms with Crippen LogP contribution in [0.3, 0.4) is 0 Å². The van der Waals surface area contributed by atoms with Gasteiger partial charge in [0.05, 0.1) is 11.0 Å². The van der Waals surface area contributed by atoms with E-state index in [-0.39, 0.29) is 12.5 Å². The van der Waals surface area contributed by atoms with Gasteiger partial charge in [0.25, 0.3) is 0 Å². The molecule has 2 aromatic heterocycles. The average Bonchev–Trinajstić information content (AvgIpc) is 3.03. The van der Waals surface area contributed by atoms with Gasteiger partial charge >= 0.3 is 11.1 Å². The molecular weight excluding hydrogens is 368 g/mol. The van der Waals surface area contributed by atoms with E-state index in [0.29, 0.717) is 17.6 Å². The minimum Gasteiger partial charge on any atom is -0.355 e. The highest BCUT2D eigenvalue weighted by Gasteiger charge is 2.15. The topological polar surface area (TPSA) is 88.9 Å². The van der Waals surface area contributed by atoms with Crippen LogP contribution in [0, 0.1) is 13.8 Å². The van der Waals surface area contributed by atoms with Crippen LogP contribution in [0.2, 0.25) is 0 Å². The van der Waals surface area contributed by atoms with E-state index in [1.807, 2.05) is 50.2 Å². The number of nitrogens with zero attached hydrogens (tertiary/aromatic N) is 2. The number of H-pyrrole nitrogens is 1. The average molecular weight is 390 g/mol. The van der Waals surface area contributed by atoms with E-state index >= 15 is 0 Å². The highest BCUT2D eigenvalue weighted by molar-refractivity contribution is 6.05. The van der Waals surface area contributed by atoms with Crippen LogP contribution in [0.15, 0.2) is 52.1 Å². The van der Waals surface area contributed by atoms with Gasteiger partial charge in [-0.05, 0) is 56.5 Å². The van der Waals surface area contributed by atoms with Crippen LogP contribution in [0.4, 0.5) is 0 Å². The monoisotopic (exact) mass is 390 g/mol. The van der Waals surface area contributed by atoms with Gasteiger partial charge in [-0.2, -0.15) is 0 Å². The molecule has 7 nitrogen and oxygen atoms in total. The summed E-state index contributed by atoms with van der Waals surface area (Å²) in [4.78, 5) is 39.6. The van der Waals surface area contributed by atoms with Crippen LogP contribution < -0.4 is 16.4 Å². The molecule has 0 atom stereocenters. The molecule has 7 heteroatoms. The van der Waals surface area contributed by atoms with E-state index in [1.54, 1.807) is 13.0 Å². The lowest BCUT2D eigenvalue weighted by atomic mass is 10.1. The number of amides is 1. The molecule has 0 aliphatic heterocycles. The smallest absolute Gasteiger partial charge is 0.317 e. The summed E-state index contributed by atoms with van der Waals surface area (Å²) in [5.74, 6) is -0.313. The van der Waals surface area contributed by atoms with E-state index in [1.165, 1.54) is 4.57 Å². The Labute approximate surface area is 166 Å². The van der Waals surface area contributed by atoms with Gasteiger partial charge in [0.15, 0.2) is 0 Å². The Kier molecular flexibility index (Phi) is 4.58. The zero-order valence-electron chi connectivity index (χ0n) is 16.6. The molecule has 0 aliphatic carbocycles. The van der Waals surface area contributed by atoms with Crippen LogP contribution in [0.25, 0.3) is 27.5 Å². The van der Waals surface area contributed by atoms with Crippen LogP contribution >= 0.6 is 0 Å². The molecular formula is C22H22N4O3. The van der Waals surface area contributed by atoms with Gasteiger partial charge in [0.1, 0.15) is 6.54 Å². The normalized spacial score (nSPS) is 11.3. The summed E-state index contributed by atoms with van der Waals surface area (Å²) in [7, 11) is 0. The minimum atomic E-state index is -0.741. The Morgan fingerprint density at radius 2 is 1.72 bits per heavy atom. The van der Waals surface area contributed by atoms with Gasteiger partial charge in [-0.3, -0.25) is 19.0 Å². The predicted molar refractivity (Wildman–Crippen MR) is 114 cm³/mol. The largest absolute Gasteiger partial charge is 0.355 e. The summed E-state index contributed by atoms with van der Waals surface area (Å²) in [6.45, 7) is 6.11. The minimum absolute atomic E-state index is 0.210. The Bertz CT molecular complexity index is 1360. The SMILES string of the molecule is CCNC(=O)Cn1c(=O)c(=O)[nH]c2ccc3ccc(-n4c(C)ccc4C)cc3c21. The molecule has 4 rings (SSSR count). The summed E-state index contributed by atoms with van der Waals surface area (Å²) in [6.07, 6.45) is 0. The van der Waals surface area contributed by atoms with E-state index < -0.39 is 11.1 Å². The summed E-state index contributed by atoms with van der Waals surface area (Å²) in [5, 5.41) is 4.40. The zero-order valence-corrected chi connectivity index (χ0v) is 16.6. The maximum absolute atomic E-state index is 12.6. The predicted octanol–water partition coefficient (Wildman–Crippen LogP) is 2.39. The van der Waals surface area contributed by atoms with Crippen molar-refractivity contribution in [2.45, 2.75) is 27.3 Å². The van der Waals surface area contributed by atoms with Gasteiger partial charge in [0, 0.05) is 29.0 Å². The fraction of sp³-hybridized carbons (Fsp3) is 0.227. The lowest BCUT2D eigenvalue weighted by molar-refractivity contribution is -0.121. The Hall–Kier alpha value is -3.61. The number of aromatic nitrogens is 3. The second-order valence-corrected chi connectivity index (χ2v) is 7.12. The Balaban J connectivity index is 2.06. The van der Waals surface area contributed by atoms with Crippen molar-refractivity contribution in [1.29, 1.82) is 0 Å². The molecule has 0 aliphatic rings. The van der Waals surface area contributed by atoms with E-state index in [9.17, 15) is 14.4 Å². The number of benzene rings is 2. The summed E-state index contributed by atoms with van der Waals surface area (Å²) in [6, 6.07) is 13.7. The molecule has 2 aromatic carbocycles. The molecule has 148 valence electrons. The number of aryl methyl sites for hydroxylation is 2.